The Bertz CT molecular complexity index is 446. The van der Waals surface area contributed by atoms with E-state index in [9.17, 15) is 0 Å². The quantitative estimate of drug-likeness (QED) is 0.357. The van der Waals surface area contributed by atoms with Gasteiger partial charge in [0.15, 0.2) is 0 Å². The Hall–Kier alpha value is -1.78. The lowest BCUT2D eigenvalue weighted by Gasteiger charge is -2.26. The summed E-state index contributed by atoms with van der Waals surface area (Å²) in [5.74, 6) is 0.915. The van der Waals surface area contributed by atoms with Gasteiger partial charge < -0.3 is 19.1 Å². The Morgan fingerprint density at radius 2 is 1.58 bits per heavy atom. The van der Waals surface area contributed by atoms with Crippen molar-refractivity contribution < 1.29 is 14.2 Å². The zero-order valence-corrected chi connectivity index (χ0v) is 14.9. The summed E-state index contributed by atoms with van der Waals surface area (Å²) in [5.41, 5.74) is 1.08. The Balaban J connectivity index is 2.71. The maximum atomic E-state index is 5.96. The Morgan fingerprint density at radius 1 is 0.958 bits per heavy atom. The van der Waals surface area contributed by atoms with Crippen LogP contribution in [0.1, 0.15) is 19.8 Å². The molecule has 0 aliphatic heterocycles. The molecule has 0 aromatic heterocycles. The second kappa shape index (κ2) is 13.6. The van der Waals surface area contributed by atoms with Crippen LogP contribution in [0.2, 0.25) is 0 Å². The molecule has 0 radical (unpaired) electrons. The maximum Gasteiger partial charge on any atom is 0.142 e. The largest absolute Gasteiger partial charge is 0.491 e. The van der Waals surface area contributed by atoms with Crippen molar-refractivity contribution in [2.45, 2.75) is 19.8 Å². The van der Waals surface area contributed by atoms with Gasteiger partial charge in [0.25, 0.3) is 0 Å². The minimum Gasteiger partial charge on any atom is -0.491 e. The molecule has 0 saturated carbocycles. The molecule has 0 heterocycles. The average molecular weight is 333 g/mol. The van der Waals surface area contributed by atoms with Crippen molar-refractivity contribution in [3.63, 3.8) is 0 Å². The molecule has 0 amide bonds. The van der Waals surface area contributed by atoms with Crippen LogP contribution >= 0.6 is 0 Å². The summed E-state index contributed by atoms with van der Waals surface area (Å²) in [4.78, 5) is 2.24. The molecule has 134 valence electrons. The number of ether oxygens (including phenoxy) is 3. The third-order valence-corrected chi connectivity index (χ3v) is 3.44. The van der Waals surface area contributed by atoms with Crippen LogP contribution in [0, 0.1) is 0 Å². The summed E-state index contributed by atoms with van der Waals surface area (Å²) in [5, 5.41) is 0. The number of anilines is 1. The van der Waals surface area contributed by atoms with Gasteiger partial charge in [-0.15, -0.1) is 13.2 Å². The van der Waals surface area contributed by atoms with Crippen LogP contribution in [0.25, 0.3) is 0 Å². The first-order valence-electron chi connectivity index (χ1n) is 8.67. The molecule has 1 aromatic carbocycles. The van der Waals surface area contributed by atoms with Gasteiger partial charge in [0.1, 0.15) is 5.75 Å². The van der Waals surface area contributed by atoms with Gasteiger partial charge in [-0.2, -0.15) is 0 Å². The number of hydrogen-bond acceptors (Lipinski definition) is 4. The molecule has 24 heavy (non-hydrogen) atoms. The lowest BCUT2D eigenvalue weighted by Crippen LogP contribution is -2.31. The number of unbranched alkanes of at least 4 members (excludes halogenated alkanes) is 1. The van der Waals surface area contributed by atoms with E-state index in [1.807, 2.05) is 18.2 Å². The van der Waals surface area contributed by atoms with E-state index in [1.165, 1.54) is 0 Å². The van der Waals surface area contributed by atoms with Gasteiger partial charge >= 0.3 is 0 Å². The molecule has 0 saturated heterocycles. The fraction of sp³-hybridized carbons (Fsp3) is 0.500. The first kappa shape index (κ1) is 20.3. The molecule has 0 fully saturated rings. The topological polar surface area (TPSA) is 30.9 Å². The molecule has 0 unspecified atom stereocenters. The van der Waals surface area contributed by atoms with Crippen molar-refractivity contribution in [2.24, 2.45) is 0 Å². The smallest absolute Gasteiger partial charge is 0.142 e. The molecule has 0 bridgehead atoms. The third-order valence-electron chi connectivity index (χ3n) is 3.44. The van der Waals surface area contributed by atoms with Crippen LogP contribution in [-0.4, -0.2) is 46.1 Å². The highest BCUT2D eigenvalue weighted by Gasteiger charge is 2.12. The summed E-state index contributed by atoms with van der Waals surface area (Å²) in [7, 11) is 0. The van der Waals surface area contributed by atoms with Gasteiger partial charge in [0, 0.05) is 13.1 Å². The van der Waals surface area contributed by atoms with E-state index in [-0.39, 0.29) is 0 Å². The molecular weight excluding hydrogens is 302 g/mol. The highest BCUT2D eigenvalue weighted by Crippen LogP contribution is 2.28. The van der Waals surface area contributed by atoms with Crippen molar-refractivity contribution in [1.29, 1.82) is 0 Å². The van der Waals surface area contributed by atoms with Crippen LogP contribution < -0.4 is 9.64 Å². The minimum atomic E-state index is 0.565. The lowest BCUT2D eigenvalue weighted by molar-refractivity contribution is 0.155. The Labute approximate surface area is 146 Å². The molecule has 0 spiro atoms. The summed E-state index contributed by atoms with van der Waals surface area (Å²) in [6.45, 7) is 14.2. The zero-order valence-electron chi connectivity index (χ0n) is 14.9. The maximum absolute atomic E-state index is 5.96. The molecule has 0 aliphatic rings. The first-order chi connectivity index (χ1) is 11.8. The Morgan fingerprint density at radius 3 is 2.17 bits per heavy atom. The highest BCUT2D eigenvalue weighted by atomic mass is 16.5. The molecule has 0 N–H and O–H groups in total. The van der Waals surface area contributed by atoms with Crippen LogP contribution in [-0.2, 0) is 9.47 Å². The molecule has 1 rings (SSSR count). The van der Waals surface area contributed by atoms with Gasteiger partial charge in [-0.1, -0.05) is 37.6 Å². The van der Waals surface area contributed by atoms with E-state index in [0.29, 0.717) is 26.4 Å². The second-order valence-electron chi connectivity index (χ2n) is 5.38. The second-order valence-corrected chi connectivity index (χ2v) is 5.38. The monoisotopic (exact) mass is 333 g/mol. The van der Waals surface area contributed by atoms with E-state index in [2.05, 4.69) is 31.0 Å². The zero-order chi connectivity index (χ0) is 17.5. The summed E-state index contributed by atoms with van der Waals surface area (Å²) in [6.07, 6.45) is 5.70. The van der Waals surface area contributed by atoms with Gasteiger partial charge in [0.05, 0.1) is 38.7 Å². The normalized spacial score (nSPS) is 10.4. The van der Waals surface area contributed by atoms with E-state index in [0.717, 1.165) is 44.0 Å². The van der Waals surface area contributed by atoms with Gasteiger partial charge in [-0.25, -0.2) is 0 Å². The van der Waals surface area contributed by atoms with E-state index >= 15 is 0 Å². The van der Waals surface area contributed by atoms with E-state index in [1.54, 1.807) is 12.2 Å². The summed E-state index contributed by atoms with van der Waals surface area (Å²) < 4.78 is 17.0. The van der Waals surface area contributed by atoms with Crippen LogP contribution in [0.15, 0.2) is 49.6 Å². The van der Waals surface area contributed by atoms with Crippen molar-refractivity contribution >= 4 is 5.69 Å². The number of rotatable bonds is 15. The predicted octanol–water partition coefficient (Wildman–Crippen LogP) is 4.08. The highest BCUT2D eigenvalue weighted by molar-refractivity contribution is 5.58. The fourth-order valence-electron chi connectivity index (χ4n) is 2.20. The average Bonchev–Trinajstić information content (AvgIpc) is 2.61. The van der Waals surface area contributed by atoms with E-state index in [4.69, 9.17) is 14.2 Å². The van der Waals surface area contributed by atoms with Crippen molar-refractivity contribution in [3.05, 3.63) is 49.6 Å². The fourth-order valence-corrected chi connectivity index (χ4v) is 2.20. The molecule has 0 atom stereocenters. The van der Waals surface area contributed by atoms with Crippen molar-refractivity contribution in [2.75, 3.05) is 51.0 Å². The van der Waals surface area contributed by atoms with Crippen LogP contribution in [0.5, 0.6) is 5.75 Å². The summed E-state index contributed by atoms with van der Waals surface area (Å²) in [6, 6.07) is 8.14. The minimum absolute atomic E-state index is 0.565. The van der Waals surface area contributed by atoms with Gasteiger partial charge in [-0.05, 0) is 18.6 Å². The Kier molecular flexibility index (Phi) is 11.5. The molecule has 1 aromatic rings. The number of para-hydroxylation sites is 2. The standard InChI is InChI=1S/C20H31NO3/c1-4-7-16-24-20-11-9-8-10-19(20)21(12-17-22-14-5-2)13-18-23-15-6-3/h5-6,8-11H,2-4,7,12-18H2,1H3. The predicted molar refractivity (Wildman–Crippen MR) is 101 cm³/mol. The molecule has 0 aliphatic carbocycles. The van der Waals surface area contributed by atoms with Gasteiger partial charge in [-0.3, -0.25) is 0 Å². The number of benzene rings is 1. The number of nitrogens with zero attached hydrogens (tertiary/aromatic N) is 1. The van der Waals surface area contributed by atoms with Crippen molar-refractivity contribution in [3.8, 4) is 5.75 Å². The summed E-state index contributed by atoms with van der Waals surface area (Å²) >= 11 is 0. The molecular formula is C20H31NO3. The van der Waals surface area contributed by atoms with E-state index < -0.39 is 0 Å². The van der Waals surface area contributed by atoms with Crippen LogP contribution in [0.4, 0.5) is 5.69 Å². The first-order valence-corrected chi connectivity index (χ1v) is 8.67. The molecule has 4 nitrogen and oxygen atoms in total. The van der Waals surface area contributed by atoms with Gasteiger partial charge in [0.2, 0.25) is 0 Å². The molecule has 4 heteroatoms. The third kappa shape index (κ3) is 8.18. The SMILES string of the molecule is C=CCOCCN(CCOCC=C)c1ccccc1OCCCC. The van der Waals surface area contributed by atoms with Crippen molar-refractivity contribution in [1.82, 2.24) is 0 Å². The number of hydrogen-bond donors (Lipinski definition) is 0. The lowest BCUT2D eigenvalue weighted by atomic mass is 10.2. The van der Waals surface area contributed by atoms with Crippen LogP contribution in [0.3, 0.4) is 0 Å².